The Morgan fingerprint density at radius 1 is 1.16 bits per heavy atom. The van der Waals surface area contributed by atoms with Crippen molar-refractivity contribution in [3.63, 3.8) is 0 Å². The van der Waals surface area contributed by atoms with Crippen LogP contribution in [0.2, 0.25) is 0 Å². The van der Waals surface area contributed by atoms with Crippen molar-refractivity contribution in [1.82, 2.24) is 0 Å². The molecule has 0 unspecified atom stereocenters. The van der Waals surface area contributed by atoms with Gasteiger partial charge in [0.1, 0.15) is 5.58 Å². The molecular formula is C13H15O5P. The molecule has 0 spiro atoms. The van der Waals surface area contributed by atoms with Crippen LogP contribution in [0.3, 0.4) is 0 Å². The van der Waals surface area contributed by atoms with Crippen molar-refractivity contribution >= 4 is 23.9 Å². The molecule has 0 aliphatic rings. The molecule has 102 valence electrons. The lowest BCUT2D eigenvalue weighted by Crippen LogP contribution is -2.26. The van der Waals surface area contributed by atoms with Crippen LogP contribution >= 0.6 is 7.60 Å². The largest absolute Gasteiger partial charge is 0.422 e. The first-order chi connectivity index (χ1) is 9.10. The Morgan fingerprint density at radius 3 is 2.42 bits per heavy atom. The summed E-state index contributed by atoms with van der Waals surface area (Å²) in [6.45, 7) is 3.75. The third-order valence-electron chi connectivity index (χ3n) is 2.52. The highest BCUT2D eigenvalue weighted by Crippen LogP contribution is 2.46. The topological polar surface area (TPSA) is 65.7 Å². The summed E-state index contributed by atoms with van der Waals surface area (Å²) >= 11 is 0. The summed E-state index contributed by atoms with van der Waals surface area (Å²) in [7, 11) is -3.62. The number of hydrogen-bond acceptors (Lipinski definition) is 5. The highest BCUT2D eigenvalue weighted by Gasteiger charge is 2.31. The van der Waals surface area contributed by atoms with Gasteiger partial charge in [-0.1, -0.05) is 18.2 Å². The van der Waals surface area contributed by atoms with E-state index in [0.29, 0.717) is 11.0 Å². The molecule has 0 aliphatic heterocycles. The van der Waals surface area contributed by atoms with Crippen molar-refractivity contribution in [2.75, 3.05) is 13.2 Å². The number of rotatable bonds is 5. The van der Waals surface area contributed by atoms with Crippen molar-refractivity contribution in [2.24, 2.45) is 0 Å². The molecule has 19 heavy (non-hydrogen) atoms. The van der Waals surface area contributed by atoms with E-state index in [-0.39, 0.29) is 18.5 Å². The Labute approximate surface area is 110 Å². The van der Waals surface area contributed by atoms with Gasteiger partial charge in [0.15, 0.2) is 5.30 Å². The van der Waals surface area contributed by atoms with Gasteiger partial charge in [-0.2, -0.15) is 0 Å². The third-order valence-corrected chi connectivity index (χ3v) is 4.61. The quantitative estimate of drug-likeness (QED) is 0.623. The number of fused-ring (bicyclic) bond motifs is 1. The van der Waals surface area contributed by atoms with Crippen molar-refractivity contribution in [3.8, 4) is 0 Å². The van der Waals surface area contributed by atoms with Crippen molar-refractivity contribution in [1.29, 1.82) is 0 Å². The van der Waals surface area contributed by atoms with Crippen LogP contribution in [0.25, 0.3) is 11.0 Å². The maximum Gasteiger partial charge on any atom is 0.368 e. The zero-order valence-corrected chi connectivity index (χ0v) is 11.7. The van der Waals surface area contributed by atoms with Crippen LogP contribution in [0, 0.1) is 0 Å². The molecule has 0 radical (unpaired) electrons. The highest BCUT2D eigenvalue weighted by atomic mass is 31.2. The van der Waals surface area contributed by atoms with Crippen LogP contribution in [0.5, 0.6) is 0 Å². The summed E-state index contributed by atoms with van der Waals surface area (Å²) in [6, 6.07) is 8.51. The molecule has 0 fully saturated rings. The number of hydrogen-bond donors (Lipinski definition) is 0. The summed E-state index contributed by atoms with van der Waals surface area (Å²) in [5.74, 6) is 0. The SMILES string of the molecule is CCOP(=O)(OCC)c1cc2ccccc2oc1=O. The molecule has 0 aliphatic carbocycles. The average Bonchev–Trinajstić information content (AvgIpc) is 2.38. The normalized spacial score (nSPS) is 11.9. The molecule has 6 heteroatoms. The van der Waals surface area contributed by atoms with Crippen LogP contribution in [0.15, 0.2) is 39.5 Å². The van der Waals surface area contributed by atoms with Crippen molar-refractivity contribution < 1.29 is 18.0 Å². The fourth-order valence-electron chi connectivity index (χ4n) is 1.76. The van der Waals surface area contributed by atoms with E-state index >= 15 is 0 Å². The summed E-state index contributed by atoms with van der Waals surface area (Å²) in [4.78, 5) is 11.9. The molecule has 0 bridgehead atoms. The maximum absolute atomic E-state index is 12.6. The first kappa shape index (κ1) is 14.0. The molecule has 1 heterocycles. The van der Waals surface area contributed by atoms with E-state index in [2.05, 4.69) is 0 Å². The van der Waals surface area contributed by atoms with Gasteiger partial charge in [0, 0.05) is 5.39 Å². The van der Waals surface area contributed by atoms with Crippen LogP contribution < -0.4 is 10.9 Å². The smallest absolute Gasteiger partial charge is 0.368 e. The van der Waals surface area contributed by atoms with E-state index in [1.807, 2.05) is 0 Å². The van der Waals surface area contributed by atoms with Gasteiger partial charge < -0.3 is 13.5 Å². The molecule has 0 atom stereocenters. The van der Waals surface area contributed by atoms with E-state index in [1.54, 1.807) is 38.1 Å². The monoisotopic (exact) mass is 282 g/mol. The van der Waals surface area contributed by atoms with Gasteiger partial charge in [0.25, 0.3) is 0 Å². The Kier molecular flexibility index (Phi) is 4.20. The molecule has 0 N–H and O–H groups in total. The molecule has 1 aromatic carbocycles. The second-order valence-electron chi connectivity index (χ2n) is 3.79. The first-order valence-electron chi connectivity index (χ1n) is 6.03. The Hall–Kier alpha value is -1.42. The Bertz CT molecular complexity index is 666. The van der Waals surface area contributed by atoms with Gasteiger partial charge in [-0.3, -0.25) is 4.57 Å². The van der Waals surface area contributed by atoms with Gasteiger partial charge in [0.2, 0.25) is 0 Å². The zero-order chi connectivity index (χ0) is 13.9. The Balaban J connectivity index is 2.63. The summed E-state index contributed by atoms with van der Waals surface area (Å²) in [6.07, 6.45) is 0. The fourth-order valence-corrected chi connectivity index (χ4v) is 3.36. The van der Waals surface area contributed by atoms with E-state index in [4.69, 9.17) is 13.5 Å². The van der Waals surface area contributed by atoms with Gasteiger partial charge in [-0.05, 0) is 26.0 Å². The average molecular weight is 282 g/mol. The Morgan fingerprint density at radius 2 is 1.79 bits per heavy atom. The number of para-hydroxylation sites is 1. The molecule has 0 saturated heterocycles. The standard InChI is InChI=1S/C13H15O5P/c1-3-16-19(15,17-4-2)12-9-10-7-5-6-8-11(10)18-13(12)14/h5-9H,3-4H2,1-2H3. The van der Waals surface area contributed by atoms with E-state index < -0.39 is 13.2 Å². The molecule has 0 amide bonds. The molecule has 0 saturated carbocycles. The minimum absolute atomic E-state index is 0.0603. The predicted molar refractivity (Wildman–Crippen MR) is 73.0 cm³/mol. The lowest BCUT2D eigenvalue weighted by Gasteiger charge is -2.15. The van der Waals surface area contributed by atoms with E-state index in [1.165, 1.54) is 6.07 Å². The van der Waals surface area contributed by atoms with Gasteiger partial charge >= 0.3 is 13.2 Å². The minimum Gasteiger partial charge on any atom is -0.422 e. The molecule has 5 nitrogen and oxygen atoms in total. The maximum atomic E-state index is 12.6. The van der Waals surface area contributed by atoms with Crippen molar-refractivity contribution in [2.45, 2.75) is 13.8 Å². The predicted octanol–water partition coefficient (Wildman–Crippen LogP) is 2.68. The second-order valence-corrected chi connectivity index (χ2v) is 5.78. The lowest BCUT2D eigenvalue weighted by atomic mass is 10.2. The second kappa shape index (κ2) is 5.70. The molecule has 2 aromatic rings. The third kappa shape index (κ3) is 2.78. The van der Waals surface area contributed by atoms with Crippen LogP contribution in [-0.2, 0) is 13.6 Å². The van der Waals surface area contributed by atoms with Gasteiger partial charge in [-0.25, -0.2) is 4.79 Å². The summed E-state index contributed by atoms with van der Waals surface area (Å²) in [5, 5.41) is 0.617. The van der Waals surface area contributed by atoms with E-state index in [9.17, 15) is 9.36 Å². The zero-order valence-electron chi connectivity index (χ0n) is 10.8. The van der Waals surface area contributed by atoms with Crippen LogP contribution in [0.1, 0.15) is 13.8 Å². The van der Waals surface area contributed by atoms with Crippen molar-refractivity contribution in [3.05, 3.63) is 40.8 Å². The van der Waals surface area contributed by atoms with Gasteiger partial charge in [0.05, 0.1) is 13.2 Å². The number of benzene rings is 1. The minimum atomic E-state index is -3.62. The van der Waals surface area contributed by atoms with E-state index in [0.717, 1.165) is 0 Å². The molecule has 1 aromatic heterocycles. The van der Waals surface area contributed by atoms with Crippen LogP contribution in [0.4, 0.5) is 0 Å². The first-order valence-corrected chi connectivity index (χ1v) is 7.57. The highest BCUT2D eigenvalue weighted by molar-refractivity contribution is 7.62. The molecule has 2 rings (SSSR count). The fraction of sp³-hybridized carbons (Fsp3) is 0.308. The molecular weight excluding hydrogens is 267 g/mol. The lowest BCUT2D eigenvalue weighted by molar-refractivity contribution is 0.229. The van der Waals surface area contributed by atoms with Gasteiger partial charge in [-0.15, -0.1) is 0 Å². The van der Waals surface area contributed by atoms with Crippen LogP contribution in [-0.4, -0.2) is 13.2 Å². The summed E-state index contributed by atoms with van der Waals surface area (Å²) in [5.41, 5.74) is -0.250. The summed E-state index contributed by atoms with van der Waals surface area (Å²) < 4.78 is 28.0.